The van der Waals surface area contributed by atoms with Crippen molar-refractivity contribution in [3.8, 4) is 0 Å². The Morgan fingerprint density at radius 1 is 0.938 bits per heavy atom. The van der Waals surface area contributed by atoms with Gasteiger partial charge >= 0.3 is 0 Å². The van der Waals surface area contributed by atoms with Crippen LogP contribution in [0.2, 0.25) is 5.02 Å². The molecule has 32 heavy (non-hydrogen) atoms. The molecule has 0 saturated carbocycles. The van der Waals surface area contributed by atoms with Crippen LogP contribution in [0.5, 0.6) is 0 Å². The quantitative estimate of drug-likeness (QED) is 0.486. The maximum atomic E-state index is 13.0. The van der Waals surface area contributed by atoms with Crippen LogP contribution in [-0.2, 0) is 19.6 Å². The highest BCUT2D eigenvalue weighted by Crippen LogP contribution is 2.28. The van der Waals surface area contributed by atoms with Gasteiger partial charge in [0, 0.05) is 36.8 Å². The number of sulfonamides is 1. The van der Waals surface area contributed by atoms with Crippen molar-refractivity contribution in [1.82, 2.24) is 9.21 Å². The third kappa shape index (κ3) is 4.21. The molecule has 1 atom stereocenters. The molecule has 2 heterocycles. The molecule has 2 saturated heterocycles. The Kier molecular flexibility index (Phi) is 6.17. The predicted octanol–water partition coefficient (Wildman–Crippen LogP) is 2.18. The summed E-state index contributed by atoms with van der Waals surface area (Å²) >= 11 is 5.85. The maximum Gasteiger partial charge on any atom is 0.251 e. The number of carbonyl (C=O) groups excluding carboxylic acids is 3. The van der Waals surface area contributed by atoms with Gasteiger partial charge in [0.2, 0.25) is 15.9 Å². The Bertz CT molecular complexity index is 1160. The van der Waals surface area contributed by atoms with Gasteiger partial charge < -0.3 is 0 Å². The molecule has 2 aromatic rings. The summed E-state index contributed by atoms with van der Waals surface area (Å²) in [5, 5.41) is 0.457. The zero-order valence-corrected chi connectivity index (χ0v) is 19.0. The lowest BCUT2D eigenvalue weighted by Crippen LogP contribution is -2.53. The summed E-state index contributed by atoms with van der Waals surface area (Å²) in [5.74, 6) is -0.744. The van der Waals surface area contributed by atoms with E-state index in [-0.39, 0.29) is 42.0 Å². The predicted molar refractivity (Wildman–Crippen MR) is 119 cm³/mol. The topological polar surface area (TPSA) is 95.1 Å². The monoisotopic (exact) mass is 475 g/mol. The number of hydrogen-bond acceptors (Lipinski definition) is 6. The number of hydrogen-bond donors (Lipinski definition) is 0. The first-order valence-electron chi connectivity index (χ1n) is 10.2. The van der Waals surface area contributed by atoms with Gasteiger partial charge in [0.05, 0.1) is 23.0 Å². The molecule has 4 rings (SSSR count). The minimum atomic E-state index is -3.66. The van der Waals surface area contributed by atoms with Crippen LogP contribution in [0.3, 0.4) is 0 Å². The Hall–Kier alpha value is -2.59. The molecule has 168 valence electrons. The zero-order chi connectivity index (χ0) is 23.0. The van der Waals surface area contributed by atoms with Crippen molar-refractivity contribution in [1.29, 1.82) is 0 Å². The van der Waals surface area contributed by atoms with Gasteiger partial charge in [-0.3, -0.25) is 19.3 Å². The Labute approximate surface area is 191 Å². The second-order valence-corrected chi connectivity index (χ2v) is 10.2. The van der Waals surface area contributed by atoms with Crippen LogP contribution < -0.4 is 4.90 Å². The average Bonchev–Trinajstić information content (AvgIpc) is 3.08. The van der Waals surface area contributed by atoms with Crippen LogP contribution in [0.4, 0.5) is 5.69 Å². The molecular weight excluding hydrogens is 454 g/mol. The molecule has 10 heteroatoms. The van der Waals surface area contributed by atoms with Crippen LogP contribution in [-0.4, -0.2) is 67.4 Å². The molecule has 0 N–H and O–H groups in total. The average molecular weight is 476 g/mol. The number of piperazine rings is 1. The minimum Gasteiger partial charge on any atom is -0.295 e. The van der Waals surface area contributed by atoms with Gasteiger partial charge in [0.25, 0.3) is 5.91 Å². The number of anilines is 1. The smallest absolute Gasteiger partial charge is 0.251 e. The van der Waals surface area contributed by atoms with E-state index in [0.717, 1.165) is 4.90 Å². The van der Waals surface area contributed by atoms with Crippen LogP contribution >= 0.6 is 11.6 Å². The highest BCUT2D eigenvalue weighted by molar-refractivity contribution is 7.89. The third-order valence-electron chi connectivity index (χ3n) is 5.82. The summed E-state index contributed by atoms with van der Waals surface area (Å²) in [6, 6.07) is 11.7. The molecule has 2 aromatic carbocycles. The van der Waals surface area contributed by atoms with Crippen molar-refractivity contribution >= 4 is 44.9 Å². The molecule has 0 radical (unpaired) electrons. The fourth-order valence-electron chi connectivity index (χ4n) is 4.03. The van der Waals surface area contributed by atoms with Crippen molar-refractivity contribution in [3.05, 3.63) is 59.1 Å². The van der Waals surface area contributed by atoms with Crippen LogP contribution in [0.25, 0.3) is 0 Å². The molecular formula is C22H22ClN3O5S. The molecule has 0 aliphatic carbocycles. The highest BCUT2D eigenvalue weighted by Gasteiger charge is 2.44. The summed E-state index contributed by atoms with van der Waals surface area (Å²) in [6.07, 6.45) is 0.0389. The lowest BCUT2D eigenvalue weighted by atomic mass is 10.1. The zero-order valence-electron chi connectivity index (χ0n) is 17.4. The number of rotatable bonds is 5. The second-order valence-electron chi connectivity index (χ2n) is 7.78. The molecule has 2 aliphatic heterocycles. The van der Waals surface area contributed by atoms with Crippen molar-refractivity contribution in [2.24, 2.45) is 0 Å². The van der Waals surface area contributed by atoms with E-state index >= 15 is 0 Å². The van der Waals surface area contributed by atoms with Gasteiger partial charge in [0.15, 0.2) is 5.78 Å². The van der Waals surface area contributed by atoms with Crippen molar-refractivity contribution in [2.75, 3.05) is 31.1 Å². The summed E-state index contributed by atoms with van der Waals surface area (Å²) < 4.78 is 27.1. The van der Waals surface area contributed by atoms with Crippen molar-refractivity contribution < 1.29 is 22.8 Å². The standard InChI is InChI=1S/C22H22ClN3O5S/c1-15(27)16-2-6-18(7-3-16)26-21(28)14-20(22(26)29)24-10-12-25(13-11-24)32(30,31)19-8-4-17(23)5-9-19/h2-9,20H,10-14H2,1H3/t20-/m0/s1. The van der Waals surface area contributed by atoms with Crippen LogP contribution in [0.15, 0.2) is 53.4 Å². The number of carbonyl (C=O) groups is 3. The van der Waals surface area contributed by atoms with Gasteiger partial charge in [-0.1, -0.05) is 11.6 Å². The fourth-order valence-corrected chi connectivity index (χ4v) is 5.58. The summed E-state index contributed by atoms with van der Waals surface area (Å²) in [7, 11) is -3.66. The van der Waals surface area contributed by atoms with E-state index in [9.17, 15) is 22.8 Å². The minimum absolute atomic E-state index is 0.0389. The molecule has 0 unspecified atom stereocenters. The number of halogens is 1. The van der Waals surface area contributed by atoms with Crippen molar-refractivity contribution in [2.45, 2.75) is 24.3 Å². The van der Waals surface area contributed by atoms with Gasteiger partial charge in [-0.15, -0.1) is 0 Å². The first kappa shape index (κ1) is 22.6. The normalized spacial score (nSPS) is 20.7. The number of amides is 2. The van der Waals surface area contributed by atoms with Crippen LogP contribution in [0.1, 0.15) is 23.7 Å². The molecule has 2 amide bonds. The molecule has 0 bridgehead atoms. The lowest BCUT2D eigenvalue weighted by molar-refractivity contribution is -0.123. The van der Waals surface area contributed by atoms with E-state index in [0.29, 0.717) is 29.4 Å². The van der Waals surface area contributed by atoms with E-state index in [2.05, 4.69) is 0 Å². The van der Waals surface area contributed by atoms with E-state index in [1.807, 2.05) is 4.90 Å². The first-order valence-corrected chi connectivity index (χ1v) is 12.0. The van der Waals surface area contributed by atoms with E-state index in [1.165, 1.54) is 35.5 Å². The summed E-state index contributed by atoms with van der Waals surface area (Å²) in [5.41, 5.74) is 0.930. The number of imide groups is 1. The maximum absolute atomic E-state index is 13.0. The number of Topliss-reactive ketones (excluding diaryl/α,β-unsaturated/α-hetero) is 1. The van der Waals surface area contributed by atoms with Gasteiger partial charge in [-0.2, -0.15) is 4.31 Å². The summed E-state index contributed by atoms with van der Waals surface area (Å²) in [4.78, 5) is 40.2. The van der Waals surface area contributed by atoms with Gasteiger partial charge in [0.1, 0.15) is 0 Å². The van der Waals surface area contributed by atoms with E-state index in [1.54, 1.807) is 24.3 Å². The summed E-state index contributed by atoms with van der Waals surface area (Å²) in [6.45, 7) is 2.57. The number of ketones is 1. The Morgan fingerprint density at radius 2 is 1.53 bits per heavy atom. The van der Waals surface area contributed by atoms with Crippen LogP contribution in [0, 0.1) is 0 Å². The van der Waals surface area contributed by atoms with Gasteiger partial charge in [-0.25, -0.2) is 13.3 Å². The largest absolute Gasteiger partial charge is 0.295 e. The SMILES string of the molecule is CC(=O)c1ccc(N2C(=O)C[C@H](N3CCN(S(=O)(=O)c4ccc(Cl)cc4)CC3)C2=O)cc1. The molecule has 8 nitrogen and oxygen atoms in total. The molecule has 2 aliphatic rings. The second kappa shape index (κ2) is 8.74. The number of nitrogens with zero attached hydrogens (tertiary/aromatic N) is 3. The third-order valence-corrected chi connectivity index (χ3v) is 7.99. The lowest BCUT2D eigenvalue weighted by Gasteiger charge is -2.36. The first-order chi connectivity index (χ1) is 15.2. The Morgan fingerprint density at radius 3 is 2.09 bits per heavy atom. The van der Waals surface area contributed by atoms with Crippen molar-refractivity contribution in [3.63, 3.8) is 0 Å². The molecule has 0 spiro atoms. The van der Waals surface area contributed by atoms with Gasteiger partial charge in [-0.05, 0) is 55.5 Å². The molecule has 2 fully saturated rings. The van der Waals surface area contributed by atoms with E-state index < -0.39 is 16.1 Å². The highest BCUT2D eigenvalue weighted by atomic mass is 35.5. The Balaban J connectivity index is 1.44. The van der Waals surface area contributed by atoms with E-state index in [4.69, 9.17) is 11.6 Å². The number of benzene rings is 2. The molecule has 0 aromatic heterocycles. The fraction of sp³-hybridized carbons (Fsp3) is 0.318.